The number of para-hydroxylation sites is 1. The fraction of sp³-hybridized carbons (Fsp3) is 0.143. The predicted octanol–water partition coefficient (Wildman–Crippen LogP) is 4.77. The Hall–Kier alpha value is -2.50. The van der Waals surface area contributed by atoms with Gasteiger partial charge in [-0.25, -0.2) is 0 Å². The average molecular weight is 408 g/mol. The summed E-state index contributed by atoms with van der Waals surface area (Å²) in [7, 11) is 0. The number of hydrogen-bond donors (Lipinski definition) is 2. The van der Waals surface area contributed by atoms with Crippen molar-refractivity contribution < 1.29 is 5.11 Å². The Labute approximate surface area is 160 Å². The molecule has 0 unspecified atom stereocenters. The molecule has 1 aliphatic rings. The van der Waals surface area contributed by atoms with E-state index in [0.29, 0.717) is 6.42 Å². The number of halogens is 1. The van der Waals surface area contributed by atoms with Crippen molar-refractivity contribution in [2.24, 2.45) is 4.99 Å². The second-order valence-electron chi connectivity index (χ2n) is 6.23. The molecule has 0 amide bonds. The summed E-state index contributed by atoms with van der Waals surface area (Å²) in [5.74, 6) is 0.252. The highest BCUT2D eigenvalue weighted by atomic mass is 79.9. The largest absolute Gasteiger partial charge is 0.507 e. The van der Waals surface area contributed by atoms with Gasteiger partial charge in [0.15, 0.2) is 0 Å². The number of aromatic nitrogens is 1. The third kappa shape index (κ3) is 3.54. The summed E-state index contributed by atoms with van der Waals surface area (Å²) in [6, 6.07) is 21.4. The summed E-state index contributed by atoms with van der Waals surface area (Å²) < 4.78 is 1.03. The first-order valence-corrected chi connectivity index (χ1v) is 9.27. The number of hydrogen-bond acceptors (Lipinski definition) is 4. The number of phenols is 1. The summed E-state index contributed by atoms with van der Waals surface area (Å²) >= 11 is 3.48. The number of aromatic hydroxyl groups is 1. The fourth-order valence-electron chi connectivity index (χ4n) is 3.17. The van der Waals surface area contributed by atoms with E-state index in [1.165, 1.54) is 0 Å². The molecule has 0 bridgehead atoms. The molecule has 2 N–H and O–H groups in total. The molecule has 2 heterocycles. The van der Waals surface area contributed by atoms with Crippen LogP contribution in [0.5, 0.6) is 5.75 Å². The predicted molar refractivity (Wildman–Crippen MR) is 106 cm³/mol. The Morgan fingerprint density at radius 1 is 0.962 bits per heavy atom. The molecule has 4 nitrogen and oxygen atoms in total. The lowest BCUT2D eigenvalue weighted by molar-refractivity contribution is 0.432. The molecule has 1 aromatic heterocycles. The van der Waals surface area contributed by atoms with E-state index in [9.17, 15) is 5.11 Å². The Bertz CT molecular complexity index is 926. The zero-order chi connectivity index (χ0) is 17.9. The van der Waals surface area contributed by atoms with Crippen LogP contribution in [0.25, 0.3) is 0 Å². The second-order valence-corrected chi connectivity index (χ2v) is 7.14. The van der Waals surface area contributed by atoms with Gasteiger partial charge in [-0.3, -0.25) is 15.3 Å². The molecule has 3 aromatic rings. The van der Waals surface area contributed by atoms with Gasteiger partial charge in [-0.1, -0.05) is 46.3 Å². The highest BCUT2D eigenvalue weighted by Crippen LogP contribution is 2.32. The first-order chi connectivity index (χ1) is 12.7. The SMILES string of the molecule is Oc1ccccc1C1=N[C@H](c2ccc(Br)cc2)N[C@@H](c2ccccn2)C1. The summed E-state index contributed by atoms with van der Waals surface area (Å²) in [6.07, 6.45) is 2.28. The van der Waals surface area contributed by atoms with E-state index in [0.717, 1.165) is 27.0 Å². The number of nitrogens with one attached hydrogen (secondary N) is 1. The molecule has 130 valence electrons. The Morgan fingerprint density at radius 2 is 1.73 bits per heavy atom. The van der Waals surface area contributed by atoms with Crippen molar-refractivity contribution in [3.8, 4) is 5.75 Å². The molecular formula is C21H18BrN3O. The normalized spacial score (nSPS) is 19.8. The average Bonchev–Trinajstić information content (AvgIpc) is 2.69. The molecule has 0 fully saturated rings. The molecule has 0 saturated heterocycles. The van der Waals surface area contributed by atoms with Crippen molar-refractivity contribution in [1.29, 1.82) is 0 Å². The second kappa shape index (κ2) is 7.40. The van der Waals surface area contributed by atoms with Crippen molar-refractivity contribution in [2.75, 3.05) is 0 Å². The topological polar surface area (TPSA) is 57.5 Å². The molecule has 1 aliphatic heterocycles. The van der Waals surface area contributed by atoms with Crippen LogP contribution in [0.2, 0.25) is 0 Å². The Balaban J connectivity index is 1.75. The maximum atomic E-state index is 10.3. The van der Waals surface area contributed by atoms with Crippen LogP contribution in [0.15, 0.2) is 82.4 Å². The molecule has 0 aliphatic carbocycles. The molecule has 26 heavy (non-hydrogen) atoms. The van der Waals surface area contributed by atoms with Crippen molar-refractivity contribution in [3.05, 3.63) is 94.2 Å². The van der Waals surface area contributed by atoms with Gasteiger partial charge >= 0.3 is 0 Å². The van der Waals surface area contributed by atoms with Crippen molar-refractivity contribution in [3.63, 3.8) is 0 Å². The van der Waals surface area contributed by atoms with Gasteiger partial charge in [0.2, 0.25) is 0 Å². The Kier molecular flexibility index (Phi) is 4.82. The highest BCUT2D eigenvalue weighted by Gasteiger charge is 2.27. The summed E-state index contributed by atoms with van der Waals surface area (Å²) in [4.78, 5) is 9.40. The molecule has 0 saturated carbocycles. The molecular weight excluding hydrogens is 390 g/mol. The minimum absolute atomic E-state index is 0.0250. The summed E-state index contributed by atoms with van der Waals surface area (Å²) in [6.45, 7) is 0. The van der Waals surface area contributed by atoms with Gasteiger partial charge < -0.3 is 5.11 Å². The van der Waals surface area contributed by atoms with Crippen LogP contribution >= 0.6 is 15.9 Å². The third-order valence-electron chi connectivity index (χ3n) is 4.49. The van der Waals surface area contributed by atoms with Crippen molar-refractivity contribution in [2.45, 2.75) is 18.6 Å². The van der Waals surface area contributed by atoms with E-state index in [4.69, 9.17) is 4.99 Å². The number of aliphatic imine (C=N–C) groups is 1. The number of pyridine rings is 1. The number of benzene rings is 2. The standard InChI is InChI=1S/C21H18BrN3O/c22-15-10-8-14(9-11-15)21-24-18(16-5-1-2-7-20(16)26)13-19(25-21)17-6-3-4-12-23-17/h1-12,19,21,25-26H,13H2/t19-,21+/m1/s1. The van der Waals surface area contributed by atoms with E-state index in [2.05, 4.69) is 38.4 Å². The number of rotatable bonds is 3. The van der Waals surface area contributed by atoms with E-state index in [1.807, 2.05) is 48.5 Å². The van der Waals surface area contributed by atoms with Gasteiger partial charge in [0.25, 0.3) is 0 Å². The monoisotopic (exact) mass is 407 g/mol. The summed E-state index contributed by atoms with van der Waals surface area (Å²) in [5.41, 5.74) is 3.70. The van der Waals surface area contributed by atoms with Crippen LogP contribution in [0.4, 0.5) is 0 Å². The lowest BCUT2D eigenvalue weighted by Crippen LogP contribution is -2.33. The maximum absolute atomic E-state index is 10.3. The van der Waals surface area contributed by atoms with Gasteiger partial charge in [-0.05, 0) is 42.0 Å². The van der Waals surface area contributed by atoms with Gasteiger partial charge in [0, 0.05) is 22.7 Å². The van der Waals surface area contributed by atoms with Crippen molar-refractivity contribution in [1.82, 2.24) is 10.3 Å². The van der Waals surface area contributed by atoms with E-state index in [1.54, 1.807) is 12.3 Å². The van der Waals surface area contributed by atoms with E-state index >= 15 is 0 Å². The van der Waals surface area contributed by atoms with Crippen LogP contribution in [0, 0.1) is 0 Å². The van der Waals surface area contributed by atoms with Crippen LogP contribution < -0.4 is 5.32 Å². The highest BCUT2D eigenvalue weighted by molar-refractivity contribution is 9.10. The van der Waals surface area contributed by atoms with Gasteiger partial charge in [-0.15, -0.1) is 0 Å². The van der Waals surface area contributed by atoms with Crippen molar-refractivity contribution >= 4 is 21.6 Å². The van der Waals surface area contributed by atoms with Crippen LogP contribution in [-0.4, -0.2) is 15.8 Å². The van der Waals surface area contributed by atoms with Gasteiger partial charge in [0.1, 0.15) is 11.9 Å². The molecule has 0 radical (unpaired) electrons. The minimum atomic E-state index is -0.196. The first-order valence-electron chi connectivity index (χ1n) is 8.48. The number of nitrogens with zero attached hydrogens (tertiary/aromatic N) is 2. The fourth-order valence-corrected chi connectivity index (χ4v) is 3.44. The molecule has 5 heteroatoms. The quantitative estimate of drug-likeness (QED) is 0.656. The van der Waals surface area contributed by atoms with Gasteiger partial charge in [0.05, 0.1) is 17.4 Å². The van der Waals surface area contributed by atoms with E-state index in [-0.39, 0.29) is 18.0 Å². The summed E-state index contributed by atoms with van der Waals surface area (Å²) in [5, 5.41) is 13.9. The van der Waals surface area contributed by atoms with Gasteiger partial charge in [-0.2, -0.15) is 0 Å². The minimum Gasteiger partial charge on any atom is -0.507 e. The molecule has 0 spiro atoms. The maximum Gasteiger partial charge on any atom is 0.126 e. The lowest BCUT2D eigenvalue weighted by Gasteiger charge is -2.30. The Morgan fingerprint density at radius 3 is 2.46 bits per heavy atom. The molecule has 2 atom stereocenters. The van der Waals surface area contributed by atoms with E-state index < -0.39 is 0 Å². The number of phenolic OH excluding ortho intramolecular Hbond substituents is 1. The molecule has 4 rings (SSSR count). The zero-order valence-corrected chi connectivity index (χ0v) is 15.6. The van der Waals surface area contributed by atoms with Crippen LogP contribution in [0.1, 0.15) is 35.4 Å². The first kappa shape index (κ1) is 16.9. The smallest absolute Gasteiger partial charge is 0.126 e. The third-order valence-corrected chi connectivity index (χ3v) is 5.02. The molecule has 2 aromatic carbocycles. The lowest BCUT2D eigenvalue weighted by atomic mass is 9.96. The van der Waals surface area contributed by atoms with Crippen LogP contribution in [0.3, 0.4) is 0 Å². The van der Waals surface area contributed by atoms with Crippen LogP contribution in [-0.2, 0) is 0 Å². The zero-order valence-electron chi connectivity index (χ0n) is 14.0.